The molecule has 2 N–H and O–H groups in total. The number of hydrogen-bond donors (Lipinski definition) is 1. The lowest BCUT2D eigenvalue weighted by Crippen LogP contribution is -2.75. The zero-order valence-electron chi connectivity index (χ0n) is 14.4. The van der Waals surface area contributed by atoms with Crippen LogP contribution < -0.4 is 5.73 Å². The molecule has 7 heteroatoms. The van der Waals surface area contributed by atoms with E-state index in [1.54, 1.807) is 13.1 Å². The van der Waals surface area contributed by atoms with Crippen molar-refractivity contribution in [3.05, 3.63) is 34.6 Å². The van der Waals surface area contributed by atoms with Gasteiger partial charge in [-0.1, -0.05) is 31.5 Å². The zero-order chi connectivity index (χ0) is 17.4. The summed E-state index contributed by atoms with van der Waals surface area (Å²) in [5.41, 5.74) is 5.18. The fraction of sp³-hybridized carbons (Fsp3) is 0.588. The molecule has 0 spiro atoms. The lowest BCUT2D eigenvalue weighted by molar-refractivity contribution is -0.178. The van der Waals surface area contributed by atoms with Crippen LogP contribution in [-0.4, -0.2) is 36.1 Å². The number of benzene rings is 1. The smallest absolute Gasteiger partial charge is 0.243 e. The van der Waals surface area contributed by atoms with E-state index in [-0.39, 0.29) is 31.0 Å². The molecule has 0 bridgehead atoms. The second-order valence-corrected chi connectivity index (χ2v) is 7.11. The van der Waals surface area contributed by atoms with Crippen molar-refractivity contribution in [1.29, 1.82) is 0 Å². The highest BCUT2D eigenvalue weighted by atomic mass is 35.5. The summed E-state index contributed by atoms with van der Waals surface area (Å²) in [5.74, 6) is -0.652. The second kappa shape index (κ2) is 7.56. The number of carbonyl (C=O) groups excluding carboxylic acids is 1. The van der Waals surface area contributed by atoms with Crippen molar-refractivity contribution in [1.82, 2.24) is 4.90 Å². The molecule has 0 saturated heterocycles. The topological polar surface area (TPSA) is 55.6 Å². The maximum absolute atomic E-state index is 13.9. The molecule has 2 rings (SSSR count). The van der Waals surface area contributed by atoms with Gasteiger partial charge in [0.05, 0.1) is 6.10 Å². The first-order chi connectivity index (χ1) is 10.6. The van der Waals surface area contributed by atoms with Crippen LogP contribution in [0, 0.1) is 11.2 Å². The Hall–Kier alpha value is -0.880. The predicted molar refractivity (Wildman–Crippen MR) is 95.9 cm³/mol. The van der Waals surface area contributed by atoms with Crippen LogP contribution in [0.2, 0.25) is 5.02 Å². The zero-order valence-corrected chi connectivity index (χ0v) is 16.0. The minimum atomic E-state index is -1.01. The predicted octanol–water partition coefficient (Wildman–Crippen LogP) is 3.39. The van der Waals surface area contributed by atoms with Gasteiger partial charge in [0.1, 0.15) is 11.4 Å². The number of amides is 1. The Bertz CT molecular complexity index is 592. The first-order valence-corrected chi connectivity index (χ1v) is 8.12. The standard InChI is InChI=1S/C17H24ClFN2O2.ClH/c1-5-23-14-9-17(20,16(14,2)3)15(22)21(4)10-11-12(18)7-6-8-13(11)19;/h6-8,14H,5,9-10,20H2,1-4H3;1H. The summed E-state index contributed by atoms with van der Waals surface area (Å²) in [6, 6.07) is 4.47. The Balaban J connectivity index is 0.00000288. The van der Waals surface area contributed by atoms with Gasteiger partial charge in [0, 0.05) is 42.6 Å². The molecule has 1 fully saturated rings. The van der Waals surface area contributed by atoms with E-state index in [0.717, 1.165) is 0 Å². The van der Waals surface area contributed by atoms with E-state index >= 15 is 0 Å². The normalized spacial score (nSPS) is 24.7. The number of hydrogen-bond acceptors (Lipinski definition) is 3. The van der Waals surface area contributed by atoms with E-state index in [2.05, 4.69) is 0 Å². The van der Waals surface area contributed by atoms with Crippen LogP contribution in [0.5, 0.6) is 0 Å². The van der Waals surface area contributed by atoms with Gasteiger partial charge < -0.3 is 15.4 Å². The summed E-state index contributed by atoms with van der Waals surface area (Å²) >= 11 is 6.03. The first-order valence-electron chi connectivity index (χ1n) is 7.74. The van der Waals surface area contributed by atoms with Gasteiger partial charge in [-0.05, 0) is 19.1 Å². The van der Waals surface area contributed by atoms with E-state index in [4.69, 9.17) is 22.1 Å². The number of nitrogens with zero attached hydrogens (tertiary/aromatic N) is 1. The summed E-state index contributed by atoms with van der Waals surface area (Å²) in [4.78, 5) is 14.3. The summed E-state index contributed by atoms with van der Waals surface area (Å²) in [6.07, 6.45) is 0.411. The molecular formula is C17H25Cl2FN2O2. The molecule has 1 saturated carbocycles. The number of likely N-dealkylation sites (N-methyl/N-ethyl adjacent to an activating group) is 1. The molecule has 1 aromatic rings. The highest BCUT2D eigenvalue weighted by Gasteiger charge is 2.63. The van der Waals surface area contributed by atoms with Crippen LogP contribution in [0.3, 0.4) is 0 Å². The van der Waals surface area contributed by atoms with E-state index in [9.17, 15) is 9.18 Å². The molecule has 0 aromatic heterocycles. The van der Waals surface area contributed by atoms with Gasteiger partial charge in [0.25, 0.3) is 0 Å². The molecule has 1 aliphatic rings. The average Bonchev–Trinajstić information content (AvgIpc) is 2.49. The Morgan fingerprint density at radius 2 is 2.12 bits per heavy atom. The summed E-state index contributed by atoms with van der Waals surface area (Å²) in [7, 11) is 1.61. The molecule has 1 aromatic carbocycles. The number of carbonyl (C=O) groups is 1. The summed E-state index contributed by atoms with van der Waals surface area (Å²) in [5, 5.41) is 0.302. The first kappa shape index (κ1) is 21.2. The molecule has 24 heavy (non-hydrogen) atoms. The third-order valence-electron chi connectivity index (χ3n) is 5.02. The number of rotatable bonds is 5. The van der Waals surface area contributed by atoms with Crippen molar-refractivity contribution in [2.45, 2.75) is 45.4 Å². The number of nitrogens with two attached hydrogens (primary N) is 1. The number of ether oxygens (including phenoxy) is 1. The molecule has 1 aliphatic carbocycles. The molecule has 4 nitrogen and oxygen atoms in total. The maximum atomic E-state index is 13.9. The van der Waals surface area contributed by atoms with Crippen LogP contribution in [0.1, 0.15) is 32.8 Å². The molecule has 0 aliphatic heterocycles. The third kappa shape index (κ3) is 3.40. The van der Waals surface area contributed by atoms with E-state index in [1.807, 2.05) is 20.8 Å². The van der Waals surface area contributed by atoms with Crippen LogP contribution in [-0.2, 0) is 16.1 Å². The molecule has 1 amide bonds. The molecule has 2 atom stereocenters. The van der Waals surface area contributed by atoms with E-state index in [0.29, 0.717) is 23.6 Å². The van der Waals surface area contributed by atoms with Gasteiger partial charge in [-0.15, -0.1) is 12.4 Å². The van der Waals surface area contributed by atoms with Crippen molar-refractivity contribution in [2.75, 3.05) is 13.7 Å². The monoisotopic (exact) mass is 378 g/mol. The highest BCUT2D eigenvalue weighted by Crippen LogP contribution is 2.50. The summed E-state index contributed by atoms with van der Waals surface area (Å²) in [6.45, 7) is 6.44. The van der Waals surface area contributed by atoms with E-state index < -0.39 is 16.8 Å². The third-order valence-corrected chi connectivity index (χ3v) is 5.37. The van der Waals surface area contributed by atoms with Crippen LogP contribution in [0.4, 0.5) is 4.39 Å². The minimum Gasteiger partial charge on any atom is -0.378 e. The lowest BCUT2D eigenvalue weighted by atomic mass is 9.54. The molecule has 2 unspecified atom stereocenters. The Morgan fingerprint density at radius 3 is 2.62 bits per heavy atom. The van der Waals surface area contributed by atoms with Crippen LogP contribution >= 0.6 is 24.0 Å². The van der Waals surface area contributed by atoms with Crippen LogP contribution in [0.15, 0.2) is 18.2 Å². The summed E-state index contributed by atoms with van der Waals surface area (Å²) < 4.78 is 19.6. The molecule has 136 valence electrons. The fourth-order valence-electron chi connectivity index (χ4n) is 3.13. The quantitative estimate of drug-likeness (QED) is 0.853. The van der Waals surface area contributed by atoms with Gasteiger partial charge in [-0.25, -0.2) is 4.39 Å². The van der Waals surface area contributed by atoms with E-state index in [1.165, 1.54) is 17.0 Å². The molecule has 0 radical (unpaired) electrons. The molecule has 0 heterocycles. The largest absolute Gasteiger partial charge is 0.378 e. The van der Waals surface area contributed by atoms with Gasteiger partial charge in [0.2, 0.25) is 5.91 Å². The Morgan fingerprint density at radius 1 is 1.50 bits per heavy atom. The SMILES string of the molecule is CCOC1CC(N)(C(=O)N(C)Cc2c(F)cccc2Cl)C1(C)C.Cl. The minimum absolute atomic E-state index is 0. The second-order valence-electron chi connectivity index (χ2n) is 6.70. The average molecular weight is 379 g/mol. The highest BCUT2D eigenvalue weighted by molar-refractivity contribution is 6.31. The van der Waals surface area contributed by atoms with Crippen molar-refractivity contribution in [3.8, 4) is 0 Å². The lowest BCUT2D eigenvalue weighted by Gasteiger charge is -2.58. The Labute approximate surface area is 153 Å². The fourth-order valence-corrected chi connectivity index (χ4v) is 3.35. The van der Waals surface area contributed by atoms with Gasteiger partial charge >= 0.3 is 0 Å². The Kier molecular flexibility index (Phi) is 6.67. The van der Waals surface area contributed by atoms with Gasteiger partial charge in [0.15, 0.2) is 0 Å². The van der Waals surface area contributed by atoms with Crippen molar-refractivity contribution in [2.24, 2.45) is 11.1 Å². The van der Waals surface area contributed by atoms with Crippen molar-refractivity contribution in [3.63, 3.8) is 0 Å². The van der Waals surface area contributed by atoms with Crippen molar-refractivity contribution < 1.29 is 13.9 Å². The number of halogens is 3. The van der Waals surface area contributed by atoms with Gasteiger partial charge in [-0.2, -0.15) is 0 Å². The van der Waals surface area contributed by atoms with Gasteiger partial charge in [-0.3, -0.25) is 4.79 Å². The van der Waals surface area contributed by atoms with Crippen molar-refractivity contribution >= 4 is 29.9 Å². The molecular weight excluding hydrogens is 354 g/mol. The van der Waals surface area contributed by atoms with Crippen LogP contribution in [0.25, 0.3) is 0 Å². The maximum Gasteiger partial charge on any atom is 0.243 e.